The first-order valence-electron chi connectivity index (χ1n) is 9.29. The number of benzene rings is 2. The first-order valence-corrected chi connectivity index (χ1v) is 9.67. The third kappa shape index (κ3) is 6.15. The molecule has 1 N–H and O–H groups in total. The zero-order valence-corrected chi connectivity index (χ0v) is 16.4. The van der Waals surface area contributed by atoms with Crippen LogP contribution in [0.25, 0.3) is 0 Å². The summed E-state index contributed by atoms with van der Waals surface area (Å²) in [6.07, 6.45) is 0. The molecule has 1 fully saturated rings. The molecule has 0 aromatic heterocycles. The number of amides is 1. The van der Waals surface area contributed by atoms with Crippen LogP contribution in [-0.2, 0) is 4.79 Å². The first-order chi connectivity index (χ1) is 13.1. The minimum Gasteiger partial charge on any atom is -0.492 e. The molecule has 1 heterocycles. The van der Waals surface area contributed by atoms with Crippen LogP contribution in [-0.4, -0.2) is 56.7 Å². The lowest BCUT2D eigenvalue weighted by atomic mass is 10.2. The molecule has 0 spiro atoms. The van der Waals surface area contributed by atoms with Gasteiger partial charge in [0.25, 0.3) is 0 Å². The second-order valence-electron chi connectivity index (χ2n) is 6.76. The lowest BCUT2D eigenvalue weighted by Crippen LogP contribution is -2.49. The summed E-state index contributed by atoms with van der Waals surface area (Å²) >= 11 is 5.91. The smallest absolute Gasteiger partial charge is 0.234 e. The molecule has 3 rings (SSSR count). The number of hydrogen-bond donors (Lipinski definition) is 1. The monoisotopic (exact) mass is 387 g/mol. The minimum atomic E-state index is 0.0358. The van der Waals surface area contributed by atoms with Crippen molar-refractivity contribution in [3.8, 4) is 5.75 Å². The van der Waals surface area contributed by atoms with Gasteiger partial charge in [-0.3, -0.25) is 9.69 Å². The number of carbonyl (C=O) groups excluding carboxylic acids is 1. The molecule has 144 valence electrons. The van der Waals surface area contributed by atoms with Crippen molar-refractivity contribution >= 4 is 23.2 Å². The van der Waals surface area contributed by atoms with Crippen LogP contribution in [0.3, 0.4) is 0 Å². The van der Waals surface area contributed by atoms with Gasteiger partial charge in [0.2, 0.25) is 5.91 Å². The van der Waals surface area contributed by atoms with E-state index in [1.165, 1.54) is 11.3 Å². The highest BCUT2D eigenvalue weighted by atomic mass is 35.5. The standard InChI is InChI=1S/C21H26ClN3O2/c1-17-4-2-6-19(14-17)25-11-9-24(10-12-25)16-21(26)23-8-13-27-20-7-3-5-18(22)15-20/h2-7,14-15H,8-13,16H2,1H3,(H,23,26). The van der Waals surface area contributed by atoms with Gasteiger partial charge in [-0.15, -0.1) is 0 Å². The fraction of sp³-hybridized carbons (Fsp3) is 0.381. The van der Waals surface area contributed by atoms with E-state index in [1.54, 1.807) is 12.1 Å². The van der Waals surface area contributed by atoms with Crippen LogP contribution in [0.15, 0.2) is 48.5 Å². The second kappa shape index (κ2) is 9.62. The number of anilines is 1. The Balaban J connectivity index is 1.33. The molecule has 0 atom stereocenters. The lowest BCUT2D eigenvalue weighted by Gasteiger charge is -2.35. The van der Waals surface area contributed by atoms with E-state index >= 15 is 0 Å². The van der Waals surface area contributed by atoms with E-state index < -0.39 is 0 Å². The second-order valence-corrected chi connectivity index (χ2v) is 7.19. The summed E-state index contributed by atoms with van der Waals surface area (Å²) < 4.78 is 5.58. The Morgan fingerprint density at radius 2 is 1.89 bits per heavy atom. The van der Waals surface area contributed by atoms with E-state index in [1.807, 2.05) is 12.1 Å². The van der Waals surface area contributed by atoms with Crippen molar-refractivity contribution in [2.45, 2.75) is 6.92 Å². The average Bonchev–Trinajstić information content (AvgIpc) is 2.66. The maximum Gasteiger partial charge on any atom is 0.234 e. The molecular weight excluding hydrogens is 362 g/mol. The number of halogens is 1. The number of nitrogens with one attached hydrogen (secondary N) is 1. The van der Waals surface area contributed by atoms with Crippen molar-refractivity contribution in [2.75, 3.05) is 50.8 Å². The SMILES string of the molecule is Cc1cccc(N2CCN(CC(=O)NCCOc3cccc(Cl)c3)CC2)c1. The molecule has 6 heteroatoms. The fourth-order valence-corrected chi connectivity index (χ4v) is 3.34. The van der Waals surface area contributed by atoms with Crippen molar-refractivity contribution in [3.63, 3.8) is 0 Å². The molecule has 2 aromatic rings. The van der Waals surface area contributed by atoms with Gasteiger partial charge >= 0.3 is 0 Å². The van der Waals surface area contributed by atoms with Crippen LogP contribution in [0.1, 0.15) is 5.56 Å². The van der Waals surface area contributed by atoms with E-state index in [0.717, 1.165) is 26.2 Å². The number of piperazine rings is 1. The van der Waals surface area contributed by atoms with Gasteiger partial charge in [0.15, 0.2) is 0 Å². The van der Waals surface area contributed by atoms with Crippen LogP contribution >= 0.6 is 11.6 Å². The van der Waals surface area contributed by atoms with E-state index in [-0.39, 0.29) is 5.91 Å². The van der Waals surface area contributed by atoms with Crippen molar-refractivity contribution in [2.24, 2.45) is 0 Å². The van der Waals surface area contributed by atoms with Crippen LogP contribution < -0.4 is 15.0 Å². The average molecular weight is 388 g/mol. The summed E-state index contributed by atoms with van der Waals surface area (Å²) in [6, 6.07) is 15.8. The van der Waals surface area contributed by atoms with Crippen molar-refractivity contribution in [3.05, 3.63) is 59.1 Å². The maximum absolute atomic E-state index is 12.1. The Hall–Kier alpha value is -2.24. The quantitative estimate of drug-likeness (QED) is 0.742. The Kier molecular flexibility index (Phi) is 6.96. The zero-order chi connectivity index (χ0) is 19.1. The van der Waals surface area contributed by atoms with Crippen molar-refractivity contribution < 1.29 is 9.53 Å². The van der Waals surface area contributed by atoms with Gasteiger partial charge in [-0.05, 0) is 42.8 Å². The van der Waals surface area contributed by atoms with Crippen LogP contribution in [0.5, 0.6) is 5.75 Å². The van der Waals surface area contributed by atoms with Gasteiger partial charge in [-0.1, -0.05) is 29.8 Å². The Morgan fingerprint density at radius 3 is 2.63 bits per heavy atom. The predicted octanol–water partition coefficient (Wildman–Crippen LogP) is 2.97. The molecule has 0 saturated carbocycles. The molecule has 1 amide bonds. The van der Waals surface area contributed by atoms with E-state index in [9.17, 15) is 4.79 Å². The number of carbonyl (C=O) groups is 1. The molecule has 1 aliphatic heterocycles. The summed E-state index contributed by atoms with van der Waals surface area (Å²) in [7, 11) is 0. The van der Waals surface area contributed by atoms with Crippen LogP contribution in [0.4, 0.5) is 5.69 Å². The molecule has 2 aromatic carbocycles. The van der Waals surface area contributed by atoms with Crippen molar-refractivity contribution in [1.29, 1.82) is 0 Å². The number of aryl methyl sites for hydroxylation is 1. The molecule has 0 aliphatic carbocycles. The Bertz CT molecular complexity index is 761. The van der Waals surface area contributed by atoms with Crippen LogP contribution in [0, 0.1) is 6.92 Å². The molecule has 0 radical (unpaired) electrons. The Labute approximate surface area is 165 Å². The topological polar surface area (TPSA) is 44.8 Å². The molecule has 0 unspecified atom stereocenters. The lowest BCUT2D eigenvalue weighted by molar-refractivity contribution is -0.122. The van der Waals surface area contributed by atoms with E-state index in [0.29, 0.717) is 30.5 Å². The highest BCUT2D eigenvalue weighted by molar-refractivity contribution is 6.30. The van der Waals surface area contributed by atoms with E-state index in [4.69, 9.17) is 16.3 Å². The number of rotatable bonds is 7. The number of nitrogens with zero attached hydrogens (tertiary/aromatic N) is 2. The summed E-state index contributed by atoms with van der Waals surface area (Å²) in [4.78, 5) is 16.7. The van der Waals surface area contributed by atoms with Crippen molar-refractivity contribution in [1.82, 2.24) is 10.2 Å². The largest absolute Gasteiger partial charge is 0.492 e. The van der Waals surface area contributed by atoms with Crippen LogP contribution in [0.2, 0.25) is 5.02 Å². The van der Waals surface area contributed by atoms with Gasteiger partial charge in [0.05, 0.1) is 13.1 Å². The van der Waals surface area contributed by atoms with Gasteiger partial charge in [0, 0.05) is 36.9 Å². The normalized spacial score (nSPS) is 14.8. The van der Waals surface area contributed by atoms with Gasteiger partial charge < -0.3 is 15.0 Å². The molecular formula is C21H26ClN3O2. The third-order valence-electron chi connectivity index (χ3n) is 4.60. The zero-order valence-electron chi connectivity index (χ0n) is 15.7. The number of ether oxygens (including phenoxy) is 1. The molecule has 1 saturated heterocycles. The summed E-state index contributed by atoms with van der Waals surface area (Å²) in [5, 5.41) is 3.55. The summed E-state index contributed by atoms with van der Waals surface area (Å²) in [5.41, 5.74) is 2.53. The highest BCUT2D eigenvalue weighted by Gasteiger charge is 2.19. The predicted molar refractivity (Wildman–Crippen MR) is 110 cm³/mol. The first kappa shape index (κ1) is 19.5. The summed E-state index contributed by atoms with van der Waals surface area (Å²) in [6.45, 7) is 7.10. The van der Waals surface area contributed by atoms with E-state index in [2.05, 4.69) is 46.3 Å². The fourth-order valence-electron chi connectivity index (χ4n) is 3.16. The van der Waals surface area contributed by atoms with Gasteiger partial charge in [-0.2, -0.15) is 0 Å². The summed E-state index contributed by atoms with van der Waals surface area (Å²) in [5.74, 6) is 0.748. The molecule has 0 bridgehead atoms. The van der Waals surface area contributed by atoms with Gasteiger partial charge in [-0.25, -0.2) is 0 Å². The van der Waals surface area contributed by atoms with Gasteiger partial charge in [0.1, 0.15) is 12.4 Å². The number of hydrogen-bond acceptors (Lipinski definition) is 4. The third-order valence-corrected chi connectivity index (χ3v) is 4.83. The molecule has 1 aliphatic rings. The molecule has 5 nitrogen and oxygen atoms in total. The minimum absolute atomic E-state index is 0.0358. The maximum atomic E-state index is 12.1. The highest BCUT2D eigenvalue weighted by Crippen LogP contribution is 2.18. The molecule has 27 heavy (non-hydrogen) atoms. The Morgan fingerprint density at radius 1 is 1.11 bits per heavy atom.